The topological polar surface area (TPSA) is 77.2 Å². The number of hydrogen-bond acceptors (Lipinski definition) is 5. The van der Waals surface area contributed by atoms with Crippen LogP contribution in [0.5, 0.6) is 5.75 Å². The Balaban J connectivity index is 1.94. The summed E-state index contributed by atoms with van der Waals surface area (Å²) in [5.41, 5.74) is 4.03. The van der Waals surface area contributed by atoms with E-state index in [0.29, 0.717) is 23.2 Å². The maximum atomic E-state index is 11.3. The van der Waals surface area contributed by atoms with Gasteiger partial charge in [-0.25, -0.2) is 10.8 Å². The van der Waals surface area contributed by atoms with Crippen LogP contribution < -0.4 is 16.0 Å². The van der Waals surface area contributed by atoms with E-state index in [0.717, 1.165) is 5.75 Å². The fraction of sp³-hybridized carbons (Fsp3) is 0.286. The van der Waals surface area contributed by atoms with E-state index in [1.54, 1.807) is 5.38 Å². The van der Waals surface area contributed by atoms with Gasteiger partial charge in [0.15, 0.2) is 5.01 Å². The minimum atomic E-state index is -0.387. The highest BCUT2D eigenvalue weighted by molar-refractivity contribution is 7.11. The summed E-state index contributed by atoms with van der Waals surface area (Å²) in [6, 6.07) is 7.98. The normalized spacial score (nSPS) is 10.6. The number of ether oxygens (including phenoxy) is 1. The van der Waals surface area contributed by atoms with Crippen LogP contribution in [0.3, 0.4) is 0 Å². The molecule has 0 aliphatic carbocycles. The molecule has 1 amide bonds. The van der Waals surface area contributed by atoms with E-state index in [1.807, 2.05) is 24.3 Å². The van der Waals surface area contributed by atoms with E-state index in [4.69, 9.17) is 10.6 Å². The van der Waals surface area contributed by atoms with Gasteiger partial charge in [0.2, 0.25) is 0 Å². The first-order valence-electron chi connectivity index (χ1n) is 6.28. The number of thiazole rings is 1. The molecular weight excluding hydrogens is 274 g/mol. The van der Waals surface area contributed by atoms with Crippen LogP contribution in [-0.4, -0.2) is 10.9 Å². The van der Waals surface area contributed by atoms with Crippen LogP contribution in [0.15, 0.2) is 29.6 Å². The number of nitrogen functional groups attached to an aromatic ring is 1. The Morgan fingerprint density at radius 2 is 2.10 bits per heavy atom. The van der Waals surface area contributed by atoms with Crippen LogP contribution in [-0.2, 0) is 6.61 Å². The van der Waals surface area contributed by atoms with E-state index in [-0.39, 0.29) is 5.91 Å². The standard InChI is InChI=1S/C14H17N3O2S/c1-9(2)10-3-5-12(6-4-10)19-7-11-8-20-14(16-11)13(18)17-15/h3-6,8-9H,7,15H2,1-2H3,(H,17,18). The summed E-state index contributed by atoms with van der Waals surface area (Å²) < 4.78 is 5.63. The molecule has 0 saturated carbocycles. The summed E-state index contributed by atoms with van der Waals surface area (Å²) in [6.45, 7) is 4.62. The van der Waals surface area contributed by atoms with Gasteiger partial charge in [-0.3, -0.25) is 10.2 Å². The average Bonchev–Trinajstić information content (AvgIpc) is 2.93. The van der Waals surface area contributed by atoms with Crippen molar-refractivity contribution in [2.24, 2.45) is 5.84 Å². The third-order valence-corrected chi connectivity index (χ3v) is 3.70. The van der Waals surface area contributed by atoms with E-state index >= 15 is 0 Å². The van der Waals surface area contributed by atoms with Gasteiger partial charge in [-0.05, 0) is 23.6 Å². The lowest BCUT2D eigenvalue weighted by Crippen LogP contribution is -2.29. The highest BCUT2D eigenvalue weighted by Gasteiger charge is 2.09. The van der Waals surface area contributed by atoms with E-state index in [1.165, 1.54) is 16.9 Å². The maximum absolute atomic E-state index is 11.3. The number of nitrogens with zero attached hydrogens (tertiary/aromatic N) is 1. The molecule has 3 N–H and O–H groups in total. The van der Waals surface area contributed by atoms with Crippen LogP contribution in [0.4, 0.5) is 0 Å². The first kappa shape index (κ1) is 14.5. The van der Waals surface area contributed by atoms with Gasteiger partial charge >= 0.3 is 0 Å². The van der Waals surface area contributed by atoms with Gasteiger partial charge in [0, 0.05) is 5.38 Å². The van der Waals surface area contributed by atoms with Crippen molar-refractivity contribution in [3.63, 3.8) is 0 Å². The first-order valence-corrected chi connectivity index (χ1v) is 7.16. The van der Waals surface area contributed by atoms with Crippen LogP contribution in [0.1, 0.15) is 40.8 Å². The number of aromatic nitrogens is 1. The van der Waals surface area contributed by atoms with Crippen molar-refractivity contribution in [2.45, 2.75) is 26.4 Å². The number of carbonyl (C=O) groups excluding carboxylic acids is 1. The van der Waals surface area contributed by atoms with Gasteiger partial charge in [0.05, 0.1) is 5.69 Å². The molecular formula is C14H17N3O2S. The highest BCUT2D eigenvalue weighted by Crippen LogP contribution is 2.19. The van der Waals surface area contributed by atoms with Gasteiger partial charge < -0.3 is 4.74 Å². The Bertz CT molecular complexity index is 578. The summed E-state index contributed by atoms with van der Waals surface area (Å²) in [4.78, 5) is 15.4. The molecule has 0 unspecified atom stereocenters. The highest BCUT2D eigenvalue weighted by atomic mass is 32.1. The molecule has 0 aliphatic rings. The largest absolute Gasteiger partial charge is 0.487 e. The summed E-state index contributed by atoms with van der Waals surface area (Å²) in [5.74, 6) is 5.95. The Hall–Kier alpha value is -1.92. The predicted octanol–water partition coefficient (Wildman–Crippen LogP) is 2.45. The van der Waals surface area contributed by atoms with Gasteiger partial charge in [-0.2, -0.15) is 0 Å². The minimum Gasteiger partial charge on any atom is -0.487 e. The molecule has 0 radical (unpaired) electrons. The maximum Gasteiger partial charge on any atom is 0.294 e. The molecule has 0 spiro atoms. The van der Waals surface area contributed by atoms with Crippen LogP contribution in [0.25, 0.3) is 0 Å². The summed E-state index contributed by atoms with van der Waals surface area (Å²) in [5, 5.41) is 2.12. The number of nitrogens with two attached hydrogens (primary N) is 1. The molecule has 5 nitrogen and oxygen atoms in total. The number of carbonyl (C=O) groups is 1. The van der Waals surface area contributed by atoms with Crippen LogP contribution in [0.2, 0.25) is 0 Å². The molecule has 20 heavy (non-hydrogen) atoms. The minimum absolute atomic E-state index is 0.329. The Morgan fingerprint density at radius 1 is 1.40 bits per heavy atom. The molecule has 2 rings (SSSR count). The quantitative estimate of drug-likeness (QED) is 0.504. The molecule has 0 atom stereocenters. The van der Waals surface area contributed by atoms with Gasteiger partial charge in [-0.1, -0.05) is 26.0 Å². The molecule has 0 aliphatic heterocycles. The third-order valence-electron chi connectivity index (χ3n) is 2.81. The molecule has 1 heterocycles. The second-order valence-corrected chi connectivity index (χ2v) is 5.49. The fourth-order valence-electron chi connectivity index (χ4n) is 1.65. The van der Waals surface area contributed by atoms with Crippen LogP contribution >= 0.6 is 11.3 Å². The van der Waals surface area contributed by atoms with E-state index < -0.39 is 0 Å². The first-order chi connectivity index (χ1) is 9.60. The second kappa shape index (κ2) is 6.49. The zero-order valence-corrected chi connectivity index (χ0v) is 12.2. The lowest BCUT2D eigenvalue weighted by molar-refractivity contribution is 0.0953. The summed E-state index contributed by atoms with van der Waals surface area (Å²) in [7, 11) is 0. The monoisotopic (exact) mass is 291 g/mol. The zero-order valence-electron chi connectivity index (χ0n) is 11.4. The average molecular weight is 291 g/mol. The molecule has 0 fully saturated rings. The van der Waals surface area contributed by atoms with E-state index in [2.05, 4.69) is 24.3 Å². The van der Waals surface area contributed by atoms with Gasteiger partial charge in [-0.15, -0.1) is 11.3 Å². The number of nitrogens with one attached hydrogen (secondary N) is 1. The Kier molecular flexibility index (Phi) is 4.70. The summed E-state index contributed by atoms with van der Waals surface area (Å²) in [6.07, 6.45) is 0. The van der Waals surface area contributed by atoms with E-state index in [9.17, 15) is 4.79 Å². The number of benzene rings is 1. The fourth-order valence-corrected chi connectivity index (χ4v) is 2.35. The molecule has 2 aromatic rings. The Morgan fingerprint density at radius 3 is 2.70 bits per heavy atom. The van der Waals surface area contributed by atoms with Crippen molar-refractivity contribution in [3.8, 4) is 5.75 Å². The Labute approximate surface area is 121 Å². The van der Waals surface area contributed by atoms with Crippen molar-refractivity contribution in [1.82, 2.24) is 10.4 Å². The van der Waals surface area contributed by atoms with Crippen LogP contribution in [0, 0.1) is 0 Å². The predicted molar refractivity (Wildman–Crippen MR) is 78.6 cm³/mol. The van der Waals surface area contributed by atoms with Gasteiger partial charge in [0.1, 0.15) is 12.4 Å². The van der Waals surface area contributed by atoms with Crippen molar-refractivity contribution in [2.75, 3.05) is 0 Å². The molecule has 1 aromatic carbocycles. The van der Waals surface area contributed by atoms with Crippen molar-refractivity contribution in [3.05, 3.63) is 45.9 Å². The summed E-state index contributed by atoms with van der Waals surface area (Å²) >= 11 is 1.24. The smallest absolute Gasteiger partial charge is 0.294 e. The number of hydrogen-bond donors (Lipinski definition) is 2. The zero-order chi connectivity index (χ0) is 14.5. The molecule has 106 valence electrons. The third kappa shape index (κ3) is 3.55. The van der Waals surface area contributed by atoms with Crippen molar-refractivity contribution in [1.29, 1.82) is 0 Å². The number of hydrazine groups is 1. The number of rotatable bonds is 5. The SMILES string of the molecule is CC(C)c1ccc(OCc2csc(C(=O)NN)n2)cc1. The molecule has 0 bridgehead atoms. The van der Waals surface area contributed by atoms with Crippen molar-refractivity contribution >= 4 is 17.2 Å². The lowest BCUT2D eigenvalue weighted by atomic mass is 10.0. The molecule has 1 aromatic heterocycles. The number of amides is 1. The van der Waals surface area contributed by atoms with Gasteiger partial charge in [0.25, 0.3) is 5.91 Å². The second-order valence-electron chi connectivity index (χ2n) is 4.63. The molecule has 0 saturated heterocycles. The van der Waals surface area contributed by atoms with Crippen molar-refractivity contribution < 1.29 is 9.53 Å². The lowest BCUT2D eigenvalue weighted by Gasteiger charge is -2.07. The molecule has 6 heteroatoms.